The zero-order chi connectivity index (χ0) is 13.2. The number of rotatable bonds is 5. The van der Waals surface area contributed by atoms with Crippen molar-refractivity contribution in [2.75, 3.05) is 5.32 Å². The van der Waals surface area contributed by atoms with Crippen molar-refractivity contribution in [2.24, 2.45) is 0 Å². The first-order valence-electron chi connectivity index (χ1n) is 5.88. The molecule has 0 bridgehead atoms. The van der Waals surface area contributed by atoms with Crippen molar-refractivity contribution >= 4 is 39.8 Å². The van der Waals surface area contributed by atoms with Gasteiger partial charge in [-0.25, -0.2) is 4.39 Å². The van der Waals surface area contributed by atoms with E-state index in [1.165, 1.54) is 42.0 Å². The standard InChI is InChI=1S/C12H11ClFN3S2/c13-9-2-1-3-10(14)8(9)6-18-12-17-16-11(19-12)15-7-4-5-7/h1-3,7H,4-6H2,(H,15,16). The summed E-state index contributed by atoms with van der Waals surface area (Å²) in [4.78, 5) is 0. The van der Waals surface area contributed by atoms with Gasteiger partial charge in [-0.05, 0) is 25.0 Å². The molecular weight excluding hydrogens is 305 g/mol. The molecule has 0 unspecified atom stereocenters. The number of anilines is 1. The number of thioether (sulfide) groups is 1. The van der Waals surface area contributed by atoms with Crippen LogP contribution < -0.4 is 5.32 Å². The van der Waals surface area contributed by atoms with Crippen molar-refractivity contribution in [1.82, 2.24) is 10.2 Å². The van der Waals surface area contributed by atoms with Gasteiger partial charge in [-0.1, -0.05) is 40.8 Å². The first kappa shape index (κ1) is 13.1. The lowest BCUT2D eigenvalue weighted by atomic mass is 10.2. The maximum absolute atomic E-state index is 13.6. The molecule has 3 rings (SSSR count). The van der Waals surface area contributed by atoms with E-state index < -0.39 is 0 Å². The molecule has 0 spiro atoms. The van der Waals surface area contributed by atoms with Crippen LogP contribution in [0.4, 0.5) is 9.52 Å². The molecule has 1 fully saturated rings. The molecule has 2 aromatic rings. The highest BCUT2D eigenvalue weighted by atomic mass is 35.5. The Kier molecular flexibility index (Phi) is 3.91. The average molecular weight is 316 g/mol. The van der Waals surface area contributed by atoms with Gasteiger partial charge in [0.25, 0.3) is 0 Å². The van der Waals surface area contributed by atoms with Crippen LogP contribution in [0.25, 0.3) is 0 Å². The van der Waals surface area contributed by atoms with E-state index in [1.807, 2.05) is 0 Å². The molecule has 1 heterocycles. The van der Waals surface area contributed by atoms with Crippen LogP contribution in [0.5, 0.6) is 0 Å². The van der Waals surface area contributed by atoms with Crippen LogP contribution in [-0.4, -0.2) is 16.2 Å². The van der Waals surface area contributed by atoms with Crippen LogP contribution >= 0.6 is 34.7 Å². The lowest BCUT2D eigenvalue weighted by molar-refractivity contribution is 0.617. The highest BCUT2D eigenvalue weighted by molar-refractivity contribution is 8.00. The molecule has 0 aliphatic heterocycles. The highest BCUT2D eigenvalue weighted by Gasteiger charge is 2.22. The average Bonchev–Trinajstić information content (AvgIpc) is 3.07. The molecule has 0 radical (unpaired) electrons. The second-order valence-electron chi connectivity index (χ2n) is 4.28. The van der Waals surface area contributed by atoms with Gasteiger partial charge in [0.15, 0.2) is 4.34 Å². The second-order valence-corrected chi connectivity index (χ2v) is 6.89. The van der Waals surface area contributed by atoms with Gasteiger partial charge in [0, 0.05) is 22.4 Å². The minimum absolute atomic E-state index is 0.277. The molecule has 0 atom stereocenters. The number of benzene rings is 1. The number of hydrogen-bond acceptors (Lipinski definition) is 5. The third kappa shape index (κ3) is 3.38. The monoisotopic (exact) mass is 315 g/mol. The predicted molar refractivity (Wildman–Crippen MR) is 77.5 cm³/mol. The Morgan fingerprint density at radius 3 is 3.00 bits per heavy atom. The third-order valence-corrected chi connectivity index (χ3v) is 5.08. The smallest absolute Gasteiger partial charge is 0.206 e. The predicted octanol–water partition coefficient (Wildman–Crippen LogP) is 4.20. The number of halogens is 2. The minimum atomic E-state index is -0.277. The summed E-state index contributed by atoms with van der Waals surface area (Å²) >= 11 is 8.93. The van der Waals surface area contributed by atoms with E-state index in [9.17, 15) is 4.39 Å². The minimum Gasteiger partial charge on any atom is -0.357 e. The molecule has 1 aliphatic carbocycles. The fourth-order valence-corrected chi connectivity index (χ4v) is 3.71. The van der Waals surface area contributed by atoms with Gasteiger partial charge in [-0.3, -0.25) is 0 Å². The number of aromatic nitrogens is 2. The Hall–Kier alpha value is -0.850. The van der Waals surface area contributed by atoms with Crippen molar-refractivity contribution in [2.45, 2.75) is 29.0 Å². The lowest BCUT2D eigenvalue weighted by Crippen LogP contribution is -1.99. The molecule has 100 valence electrons. The summed E-state index contributed by atoms with van der Waals surface area (Å²) in [7, 11) is 0. The van der Waals surface area contributed by atoms with Crippen LogP contribution in [0.15, 0.2) is 22.5 Å². The molecule has 7 heteroatoms. The maximum Gasteiger partial charge on any atom is 0.206 e. The van der Waals surface area contributed by atoms with Gasteiger partial charge in [-0.15, -0.1) is 10.2 Å². The third-order valence-electron chi connectivity index (χ3n) is 2.71. The fourth-order valence-electron chi connectivity index (χ4n) is 1.53. The van der Waals surface area contributed by atoms with Crippen molar-refractivity contribution in [3.63, 3.8) is 0 Å². The van der Waals surface area contributed by atoms with Gasteiger partial charge < -0.3 is 5.32 Å². The molecule has 3 nitrogen and oxygen atoms in total. The van der Waals surface area contributed by atoms with Crippen LogP contribution in [0.1, 0.15) is 18.4 Å². The molecule has 19 heavy (non-hydrogen) atoms. The first-order chi connectivity index (χ1) is 9.22. The number of nitrogens with one attached hydrogen (secondary N) is 1. The molecular formula is C12H11ClFN3S2. The molecule has 1 aromatic carbocycles. The van der Waals surface area contributed by atoms with Crippen molar-refractivity contribution in [3.05, 3.63) is 34.6 Å². The topological polar surface area (TPSA) is 37.8 Å². The molecule has 1 saturated carbocycles. The SMILES string of the molecule is Fc1cccc(Cl)c1CSc1nnc(NC2CC2)s1. The van der Waals surface area contributed by atoms with Crippen LogP contribution in [0.2, 0.25) is 5.02 Å². The normalized spacial score (nSPS) is 14.6. The maximum atomic E-state index is 13.6. The van der Waals surface area contributed by atoms with Gasteiger partial charge in [0.2, 0.25) is 5.13 Å². The zero-order valence-corrected chi connectivity index (χ0v) is 12.3. The fraction of sp³-hybridized carbons (Fsp3) is 0.333. The summed E-state index contributed by atoms with van der Waals surface area (Å²) in [5.74, 6) is 0.185. The van der Waals surface area contributed by atoms with E-state index in [-0.39, 0.29) is 5.82 Å². The van der Waals surface area contributed by atoms with Crippen LogP contribution in [0.3, 0.4) is 0 Å². The van der Waals surface area contributed by atoms with E-state index in [4.69, 9.17) is 11.6 Å². The Bertz CT molecular complexity index is 566. The molecule has 1 aromatic heterocycles. The van der Waals surface area contributed by atoms with E-state index in [2.05, 4.69) is 15.5 Å². The Balaban J connectivity index is 1.63. The van der Waals surface area contributed by atoms with Crippen LogP contribution in [-0.2, 0) is 5.75 Å². The van der Waals surface area contributed by atoms with Crippen molar-refractivity contribution in [1.29, 1.82) is 0 Å². The second kappa shape index (κ2) is 5.64. The Morgan fingerprint density at radius 2 is 2.26 bits per heavy atom. The summed E-state index contributed by atoms with van der Waals surface area (Å²) in [5, 5.41) is 12.7. The largest absolute Gasteiger partial charge is 0.357 e. The molecule has 1 N–H and O–H groups in total. The van der Waals surface area contributed by atoms with Crippen LogP contribution in [0, 0.1) is 5.82 Å². The van der Waals surface area contributed by atoms with Crippen molar-refractivity contribution < 1.29 is 4.39 Å². The summed E-state index contributed by atoms with van der Waals surface area (Å²) in [5.41, 5.74) is 0.515. The quantitative estimate of drug-likeness (QED) is 0.839. The van der Waals surface area contributed by atoms with E-state index in [0.717, 1.165) is 9.47 Å². The van der Waals surface area contributed by atoms with Gasteiger partial charge in [0.05, 0.1) is 0 Å². The Morgan fingerprint density at radius 1 is 1.42 bits per heavy atom. The first-order valence-corrected chi connectivity index (χ1v) is 8.06. The molecule has 0 saturated heterocycles. The van der Waals surface area contributed by atoms with Crippen molar-refractivity contribution in [3.8, 4) is 0 Å². The summed E-state index contributed by atoms with van der Waals surface area (Å²) in [6.07, 6.45) is 2.40. The zero-order valence-electron chi connectivity index (χ0n) is 9.90. The summed E-state index contributed by atoms with van der Waals surface area (Å²) in [6.45, 7) is 0. The number of nitrogens with zero attached hydrogens (tertiary/aromatic N) is 2. The van der Waals surface area contributed by atoms with E-state index in [0.29, 0.717) is 22.4 Å². The Labute approximate surface area is 123 Å². The molecule has 0 amide bonds. The van der Waals surface area contributed by atoms with Gasteiger partial charge in [0.1, 0.15) is 5.82 Å². The van der Waals surface area contributed by atoms with E-state index >= 15 is 0 Å². The summed E-state index contributed by atoms with van der Waals surface area (Å²) in [6, 6.07) is 5.28. The van der Waals surface area contributed by atoms with Gasteiger partial charge in [-0.2, -0.15) is 0 Å². The highest BCUT2D eigenvalue weighted by Crippen LogP contribution is 2.33. The number of hydrogen-bond donors (Lipinski definition) is 1. The van der Waals surface area contributed by atoms with E-state index in [1.54, 1.807) is 12.1 Å². The summed E-state index contributed by atoms with van der Waals surface area (Å²) < 4.78 is 14.4. The molecule has 1 aliphatic rings. The van der Waals surface area contributed by atoms with Gasteiger partial charge >= 0.3 is 0 Å². The lowest BCUT2D eigenvalue weighted by Gasteiger charge is -2.03.